The molecule has 0 heterocycles. The van der Waals surface area contributed by atoms with Crippen LogP contribution in [0.5, 0.6) is 0 Å². The van der Waals surface area contributed by atoms with Crippen LogP contribution in [0.2, 0.25) is 0 Å². The minimum Gasteiger partial charge on any atom is -0.434 e. The van der Waals surface area contributed by atoms with Gasteiger partial charge in [0.1, 0.15) is 0 Å². The Balaban J connectivity index is 3.07. The number of hydrogen-bond acceptors (Lipinski definition) is 3. The van der Waals surface area contributed by atoms with Gasteiger partial charge in [-0.15, -0.1) is 0 Å². The Hall–Kier alpha value is -0.730. The van der Waals surface area contributed by atoms with Gasteiger partial charge in [0.25, 0.3) is 0 Å². The van der Waals surface area contributed by atoms with E-state index in [1.807, 2.05) is 13.8 Å². The minimum atomic E-state index is -0.534. The van der Waals surface area contributed by atoms with Crippen molar-refractivity contribution in [1.29, 1.82) is 0 Å². The zero-order valence-electron chi connectivity index (χ0n) is 14.5. The van der Waals surface area contributed by atoms with Crippen LogP contribution in [0.1, 0.15) is 97.8 Å². The Morgan fingerprint density at radius 2 is 1.19 bits per heavy atom. The van der Waals surface area contributed by atoms with E-state index in [-0.39, 0.29) is 6.10 Å². The topological polar surface area (TPSA) is 35.5 Å². The third-order valence-corrected chi connectivity index (χ3v) is 3.55. The van der Waals surface area contributed by atoms with Gasteiger partial charge in [0.15, 0.2) is 0 Å². The number of hydrogen-bond donors (Lipinski definition) is 0. The summed E-state index contributed by atoms with van der Waals surface area (Å²) in [5.74, 6) is 0. The van der Waals surface area contributed by atoms with E-state index < -0.39 is 6.16 Å². The highest BCUT2D eigenvalue weighted by Crippen LogP contribution is 2.11. The Kier molecular flexibility index (Phi) is 15.1. The summed E-state index contributed by atoms with van der Waals surface area (Å²) in [5.41, 5.74) is 0. The summed E-state index contributed by atoms with van der Waals surface area (Å²) in [6.07, 6.45) is 15.1. The molecule has 21 heavy (non-hydrogen) atoms. The van der Waals surface area contributed by atoms with Crippen LogP contribution < -0.4 is 0 Å². The molecule has 0 bridgehead atoms. The Morgan fingerprint density at radius 1 is 0.762 bits per heavy atom. The van der Waals surface area contributed by atoms with E-state index in [1.54, 1.807) is 0 Å². The molecule has 0 atom stereocenters. The second-order valence-electron chi connectivity index (χ2n) is 6.15. The first-order valence-corrected chi connectivity index (χ1v) is 9.00. The normalized spacial score (nSPS) is 10.9. The lowest BCUT2D eigenvalue weighted by Gasteiger charge is -2.08. The molecule has 0 aliphatic rings. The highest BCUT2D eigenvalue weighted by Gasteiger charge is 2.05. The van der Waals surface area contributed by atoms with Gasteiger partial charge in [-0.3, -0.25) is 0 Å². The molecule has 0 fully saturated rings. The van der Waals surface area contributed by atoms with Crippen LogP contribution in [0, 0.1) is 0 Å². The van der Waals surface area contributed by atoms with Crippen molar-refractivity contribution in [3.63, 3.8) is 0 Å². The molecule has 0 aliphatic carbocycles. The van der Waals surface area contributed by atoms with Crippen molar-refractivity contribution in [2.75, 3.05) is 6.61 Å². The largest absolute Gasteiger partial charge is 0.508 e. The quantitative estimate of drug-likeness (QED) is 0.281. The molecule has 0 amide bonds. The molecule has 0 radical (unpaired) electrons. The van der Waals surface area contributed by atoms with Crippen LogP contribution in [-0.2, 0) is 9.47 Å². The molecule has 3 heteroatoms. The maximum absolute atomic E-state index is 11.1. The first-order chi connectivity index (χ1) is 10.2. The van der Waals surface area contributed by atoms with Crippen LogP contribution >= 0.6 is 0 Å². The number of unbranched alkanes of at least 4 members (excludes halogenated alkanes) is 11. The first-order valence-electron chi connectivity index (χ1n) is 9.00. The number of carbonyl (C=O) groups excluding carboxylic acids is 1. The molecule has 0 N–H and O–H groups in total. The van der Waals surface area contributed by atoms with Crippen LogP contribution in [0.4, 0.5) is 4.79 Å². The van der Waals surface area contributed by atoms with E-state index in [2.05, 4.69) is 6.92 Å². The number of ether oxygens (including phenoxy) is 2. The second kappa shape index (κ2) is 15.7. The van der Waals surface area contributed by atoms with Crippen molar-refractivity contribution in [3.8, 4) is 0 Å². The average Bonchev–Trinajstić information content (AvgIpc) is 2.43. The predicted octanol–water partition coefficient (Wildman–Crippen LogP) is 6.25. The van der Waals surface area contributed by atoms with Crippen molar-refractivity contribution in [2.45, 2.75) is 104 Å². The molecule has 0 aliphatic heterocycles. The first kappa shape index (κ1) is 20.3. The van der Waals surface area contributed by atoms with Gasteiger partial charge in [-0.1, -0.05) is 77.6 Å². The molecule has 126 valence electrons. The fourth-order valence-corrected chi connectivity index (χ4v) is 2.33. The smallest absolute Gasteiger partial charge is 0.434 e. The highest BCUT2D eigenvalue weighted by molar-refractivity contribution is 5.59. The van der Waals surface area contributed by atoms with Gasteiger partial charge in [0, 0.05) is 0 Å². The number of rotatable bonds is 14. The maximum Gasteiger partial charge on any atom is 0.508 e. The van der Waals surface area contributed by atoms with E-state index >= 15 is 0 Å². The van der Waals surface area contributed by atoms with E-state index in [0.29, 0.717) is 6.61 Å². The molecule has 0 saturated carbocycles. The van der Waals surface area contributed by atoms with Crippen LogP contribution in [-0.4, -0.2) is 18.9 Å². The summed E-state index contributed by atoms with van der Waals surface area (Å²) in [7, 11) is 0. The fraction of sp³-hybridized carbons (Fsp3) is 0.944. The summed E-state index contributed by atoms with van der Waals surface area (Å²) in [6.45, 7) is 6.40. The van der Waals surface area contributed by atoms with Crippen molar-refractivity contribution >= 4 is 6.16 Å². The molecule has 0 aromatic heterocycles. The number of carbonyl (C=O) groups is 1. The molecular weight excluding hydrogens is 264 g/mol. The van der Waals surface area contributed by atoms with Gasteiger partial charge < -0.3 is 9.47 Å². The zero-order chi connectivity index (χ0) is 15.8. The van der Waals surface area contributed by atoms with Gasteiger partial charge in [-0.25, -0.2) is 4.79 Å². The summed E-state index contributed by atoms with van der Waals surface area (Å²) in [4.78, 5) is 11.1. The fourth-order valence-electron chi connectivity index (χ4n) is 2.33. The zero-order valence-corrected chi connectivity index (χ0v) is 14.5. The molecular formula is C18H36O3. The molecule has 0 saturated heterocycles. The summed E-state index contributed by atoms with van der Waals surface area (Å²) in [5, 5.41) is 0. The van der Waals surface area contributed by atoms with E-state index in [1.165, 1.54) is 64.2 Å². The molecule has 0 spiro atoms. The van der Waals surface area contributed by atoms with Crippen molar-refractivity contribution < 1.29 is 14.3 Å². The highest BCUT2D eigenvalue weighted by atomic mass is 16.7. The third-order valence-electron chi connectivity index (χ3n) is 3.55. The SMILES string of the molecule is CCCCCCCCCCCCCCOC(=O)OC(C)C. The van der Waals surface area contributed by atoms with Gasteiger partial charge in [0.2, 0.25) is 0 Å². The lowest BCUT2D eigenvalue weighted by atomic mass is 10.1. The third kappa shape index (κ3) is 17.2. The molecule has 3 nitrogen and oxygen atoms in total. The standard InChI is InChI=1S/C18H36O3/c1-4-5-6-7-8-9-10-11-12-13-14-15-16-20-18(19)21-17(2)3/h17H,4-16H2,1-3H3. The summed E-state index contributed by atoms with van der Waals surface area (Å²) >= 11 is 0. The van der Waals surface area contributed by atoms with E-state index in [9.17, 15) is 4.79 Å². The predicted molar refractivity (Wildman–Crippen MR) is 88.6 cm³/mol. The van der Waals surface area contributed by atoms with Crippen LogP contribution in [0.15, 0.2) is 0 Å². The van der Waals surface area contributed by atoms with Gasteiger partial charge in [0.05, 0.1) is 12.7 Å². The lowest BCUT2D eigenvalue weighted by molar-refractivity contribution is 0.0336. The minimum absolute atomic E-state index is 0.0977. The van der Waals surface area contributed by atoms with Crippen molar-refractivity contribution in [1.82, 2.24) is 0 Å². The Bertz CT molecular complexity index is 227. The molecule has 0 rings (SSSR count). The van der Waals surface area contributed by atoms with Crippen molar-refractivity contribution in [2.24, 2.45) is 0 Å². The van der Waals surface area contributed by atoms with Crippen molar-refractivity contribution in [3.05, 3.63) is 0 Å². The average molecular weight is 300 g/mol. The second-order valence-corrected chi connectivity index (χ2v) is 6.15. The van der Waals surface area contributed by atoms with E-state index in [4.69, 9.17) is 9.47 Å². The monoisotopic (exact) mass is 300 g/mol. The Labute approximate surface area is 131 Å². The van der Waals surface area contributed by atoms with Gasteiger partial charge in [-0.05, 0) is 20.3 Å². The lowest BCUT2D eigenvalue weighted by Crippen LogP contribution is -2.13. The molecule has 0 unspecified atom stereocenters. The van der Waals surface area contributed by atoms with Gasteiger partial charge in [-0.2, -0.15) is 0 Å². The van der Waals surface area contributed by atoms with E-state index in [0.717, 1.165) is 12.8 Å². The van der Waals surface area contributed by atoms with Crippen LogP contribution in [0.25, 0.3) is 0 Å². The summed E-state index contributed by atoms with van der Waals surface area (Å²) in [6, 6.07) is 0. The Morgan fingerprint density at radius 3 is 1.62 bits per heavy atom. The maximum atomic E-state index is 11.1. The molecule has 0 aromatic rings. The molecule has 0 aromatic carbocycles. The summed E-state index contributed by atoms with van der Waals surface area (Å²) < 4.78 is 9.88. The van der Waals surface area contributed by atoms with Crippen LogP contribution in [0.3, 0.4) is 0 Å². The van der Waals surface area contributed by atoms with Gasteiger partial charge >= 0.3 is 6.16 Å².